The van der Waals surface area contributed by atoms with E-state index in [0.717, 1.165) is 44.0 Å². The van der Waals surface area contributed by atoms with Crippen molar-refractivity contribution in [3.8, 4) is 0 Å². The molecule has 0 spiro atoms. The fraction of sp³-hybridized carbons (Fsp3) is 0.625. The number of hydrogen-bond acceptors (Lipinski definition) is 3. The van der Waals surface area contributed by atoms with E-state index in [9.17, 15) is 4.79 Å². The minimum atomic E-state index is 0.0868. The smallest absolute Gasteiger partial charge is 0.272 e. The molecule has 1 N–H and O–H groups in total. The molecule has 1 saturated heterocycles. The van der Waals surface area contributed by atoms with Gasteiger partial charge in [-0.25, -0.2) is 0 Å². The van der Waals surface area contributed by atoms with Gasteiger partial charge in [0.05, 0.1) is 0 Å². The summed E-state index contributed by atoms with van der Waals surface area (Å²) in [6.07, 6.45) is 6.60. The van der Waals surface area contributed by atoms with Crippen LogP contribution in [0.4, 0.5) is 0 Å². The molecule has 3 rings (SSSR count). The molecule has 1 aromatic rings. The number of hydrogen-bond donors (Lipinski definition) is 1. The number of aromatic nitrogens is 1. The average molecular weight is 273 g/mol. The molecule has 2 aliphatic rings. The average Bonchev–Trinajstić information content (AvgIpc) is 3.30. The molecular formula is C16H23N3O. The van der Waals surface area contributed by atoms with Crippen molar-refractivity contribution in [2.24, 2.45) is 5.92 Å². The van der Waals surface area contributed by atoms with Gasteiger partial charge in [0.25, 0.3) is 5.91 Å². The molecule has 0 aromatic carbocycles. The van der Waals surface area contributed by atoms with E-state index in [1.54, 1.807) is 6.20 Å². The van der Waals surface area contributed by atoms with Gasteiger partial charge in [0, 0.05) is 25.3 Å². The highest BCUT2D eigenvalue weighted by Gasteiger charge is 2.27. The highest BCUT2D eigenvalue weighted by atomic mass is 16.2. The molecule has 0 radical (unpaired) electrons. The van der Waals surface area contributed by atoms with Crippen LogP contribution in [-0.4, -0.2) is 41.5 Å². The zero-order valence-corrected chi connectivity index (χ0v) is 12.1. The van der Waals surface area contributed by atoms with Crippen LogP contribution >= 0.6 is 0 Å². The van der Waals surface area contributed by atoms with Crippen molar-refractivity contribution in [1.29, 1.82) is 0 Å². The van der Waals surface area contributed by atoms with Gasteiger partial charge in [0.2, 0.25) is 0 Å². The van der Waals surface area contributed by atoms with Crippen LogP contribution in [0.2, 0.25) is 0 Å². The Balaban J connectivity index is 1.52. The Hall–Kier alpha value is -1.42. The van der Waals surface area contributed by atoms with E-state index in [4.69, 9.17) is 0 Å². The highest BCUT2D eigenvalue weighted by Crippen LogP contribution is 2.28. The molecule has 1 aromatic heterocycles. The molecule has 4 nitrogen and oxygen atoms in total. The number of carbonyl (C=O) groups is 1. The lowest BCUT2D eigenvalue weighted by Gasteiger charge is -2.32. The Morgan fingerprint density at radius 3 is 2.75 bits per heavy atom. The Morgan fingerprint density at radius 2 is 2.10 bits per heavy atom. The number of likely N-dealkylation sites (tertiary alicyclic amines) is 1. The van der Waals surface area contributed by atoms with E-state index < -0.39 is 0 Å². The van der Waals surface area contributed by atoms with Gasteiger partial charge in [0.1, 0.15) is 5.69 Å². The van der Waals surface area contributed by atoms with Crippen LogP contribution in [0.5, 0.6) is 0 Å². The Morgan fingerprint density at radius 1 is 1.35 bits per heavy atom. The molecule has 4 heteroatoms. The summed E-state index contributed by atoms with van der Waals surface area (Å²) in [4.78, 5) is 18.6. The first kappa shape index (κ1) is 13.6. The topological polar surface area (TPSA) is 45.2 Å². The molecule has 0 atom stereocenters. The van der Waals surface area contributed by atoms with Gasteiger partial charge >= 0.3 is 0 Å². The quantitative estimate of drug-likeness (QED) is 0.912. The van der Waals surface area contributed by atoms with Crippen molar-refractivity contribution < 1.29 is 4.79 Å². The second-order valence-electron chi connectivity index (χ2n) is 6.09. The van der Waals surface area contributed by atoms with Crippen molar-refractivity contribution in [2.75, 3.05) is 19.6 Å². The zero-order chi connectivity index (χ0) is 13.9. The van der Waals surface area contributed by atoms with Crippen molar-refractivity contribution >= 4 is 5.91 Å². The number of nitrogens with one attached hydrogen (secondary N) is 1. The maximum absolute atomic E-state index is 12.4. The van der Waals surface area contributed by atoms with Gasteiger partial charge in [-0.2, -0.15) is 0 Å². The number of amides is 1. The van der Waals surface area contributed by atoms with Crippen LogP contribution in [0.25, 0.3) is 0 Å². The van der Waals surface area contributed by atoms with Crippen LogP contribution in [0.1, 0.15) is 41.7 Å². The summed E-state index contributed by atoms with van der Waals surface area (Å²) in [6.45, 7) is 4.80. The highest BCUT2D eigenvalue weighted by molar-refractivity contribution is 5.93. The maximum Gasteiger partial charge on any atom is 0.272 e. The second-order valence-corrected chi connectivity index (χ2v) is 6.09. The number of carbonyl (C=O) groups excluding carboxylic acids is 1. The van der Waals surface area contributed by atoms with Crippen molar-refractivity contribution in [2.45, 2.75) is 38.6 Å². The van der Waals surface area contributed by atoms with Gasteiger partial charge < -0.3 is 10.2 Å². The van der Waals surface area contributed by atoms with Crippen molar-refractivity contribution in [3.05, 3.63) is 29.6 Å². The van der Waals surface area contributed by atoms with Crippen molar-refractivity contribution in [3.63, 3.8) is 0 Å². The maximum atomic E-state index is 12.4. The van der Waals surface area contributed by atoms with E-state index in [2.05, 4.69) is 10.3 Å². The fourth-order valence-electron chi connectivity index (χ4n) is 2.80. The van der Waals surface area contributed by atoms with Gasteiger partial charge in [-0.05, 0) is 56.7 Å². The summed E-state index contributed by atoms with van der Waals surface area (Å²) in [5, 5.41) is 3.64. The zero-order valence-electron chi connectivity index (χ0n) is 12.1. The first-order valence-electron chi connectivity index (χ1n) is 7.68. The normalized spacial score (nSPS) is 20.1. The van der Waals surface area contributed by atoms with Crippen LogP contribution in [0.15, 0.2) is 18.3 Å². The molecule has 0 bridgehead atoms. The van der Waals surface area contributed by atoms with E-state index >= 15 is 0 Å². The Kier molecular flexibility index (Phi) is 4.01. The molecule has 20 heavy (non-hydrogen) atoms. The minimum Gasteiger partial charge on any atom is -0.337 e. The van der Waals surface area contributed by atoms with E-state index in [1.807, 2.05) is 24.0 Å². The third-order valence-corrected chi connectivity index (χ3v) is 4.39. The van der Waals surface area contributed by atoms with E-state index in [0.29, 0.717) is 11.7 Å². The SMILES string of the molecule is Cc1cccnc1C(=O)N1CCC(NCC2CC2)CC1. The number of rotatable bonds is 4. The van der Waals surface area contributed by atoms with Gasteiger partial charge in [-0.15, -0.1) is 0 Å². The summed E-state index contributed by atoms with van der Waals surface area (Å²) >= 11 is 0. The number of nitrogens with zero attached hydrogens (tertiary/aromatic N) is 2. The predicted molar refractivity (Wildman–Crippen MR) is 78.6 cm³/mol. The molecule has 1 aliphatic carbocycles. The van der Waals surface area contributed by atoms with Crippen LogP contribution < -0.4 is 5.32 Å². The lowest BCUT2D eigenvalue weighted by Crippen LogP contribution is -2.45. The summed E-state index contributed by atoms with van der Waals surface area (Å²) in [5.41, 5.74) is 1.57. The lowest BCUT2D eigenvalue weighted by molar-refractivity contribution is 0.0698. The van der Waals surface area contributed by atoms with Crippen LogP contribution in [0, 0.1) is 12.8 Å². The largest absolute Gasteiger partial charge is 0.337 e. The van der Waals surface area contributed by atoms with Gasteiger partial charge in [0.15, 0.2) is 0 Å². The third-order valence-electron chi connectivity index (χ3n) is 4.39. The molecule has 0 unspecified atom stereocenters. The third kappa shape index (κ3) is 3.18. The molecule has 1 aliphatic heterocycles. The summed E-state index contributed by atoms with van der Waals surface area (Å²) in [5.74, 6) is 1.01. The van der Waals surface area contributed by atoms with Gasteiger partial charge in [-0.1, -0.05) is 6.07 Å². The van der Waals surface area contributed by atoms with Crippen LogP contribution in [-0.2, 0) is 0 Å². The number of piperidine rings is 1. The van der Waals surface area contributed by atoms with Crippen LogP contribution in [0.3, 0.4) is 0 Å². The number of aryl methyl sites for hydroxylation is 1. The number of pyridine rings is 1. The molecule has 2 fully saturated rings. The first-order valence-corrected chi connectivity index (χ1v) is 7.68. The van der Waals surface area contributed by atoms with Gasteiger partial charge in [-0.3, -0.25) is 9.78 Å². The fourth-order valence-corrected chi connectivity index (χ4v) is 2.80. The molecule has 108 valence electrons. The monoisotopic (exact) mass is 273 g/mol. The molecule has 2 heterocycles. The summed E-state index contributed by atoms with van der Waals surface area (Å²) in [7, 11) is 0. The minimum absolute atomic E-state index is 0.0868. The van der Waals surface area contributed by atoms with Crippen molar-refractivity contribution in [1.82, 2.24) is 15.2 Å². The Labute approximate surface area is 120 Å². The predicted octanol–water partition coefficient (Wildman–Crippen LogP) is 1.99. The van der Waals surface area contributed by atoms with E-state index in [1.165, 1.54) is 12.8 Å². The second kappa shape index (κ2) is 5.92. The lowest BCUT2D eigenvalue weighted by atomic mass is 10.0. The molecule has 1 saturated carbocycles. The molecular weight excluding hydrogens is 250 g/mol. The van der Waals surface area contributed by atoms with E-state index in [-0.39, 0.29) is 5.91 Å². The first-order chi connectivity index (χ1) is 9.74. The summed E-state index contributed by atoms with van der Waals surface area (Å²) < 4.78 is 0. The summed E-state index contributed by atoms with van der Waals surface area (Å²) in [6, 6.07) is 4.41. The Bertz CT molecular complexity index is 476. The molecule has 1 amide bonds. The standard InChI is InChI=1S/C16H23N3O/c1-12-3-2-8-17-15(12)16(20)19-9-6-14(7-10-19)18-11-13-4-5-13/h2-3,8,13-14,18H,4-7,9-11H2,1H3.